The van der Waals surface area contributed by atoms with Gasteiger partial charge in [-0.05, 0) is 56.4 Å². The fraction of sp³-hybridized carbons (Fsp3) is 0.351. The number of hydrogen-bond donors (Lipinski definition) is 3. The van der Waals surface area contributed by atoms with Crippen LogP contribution in [0.1, 0.15) is 70.0 Å². The molecule has 17 heteroatoms. The van der Waals surface area contributed by atoms with Gasteiger partial charge >= 0.3 is 5.97 Å². The van der Waals surface area contributed by atoms with E-state index < -0.39 is 59.3 Å². The van der Waals surface area contributed by atoms with Crippen LogP contribution in [0.3, 0.4) is 0 Å². The summed E-state index contributed by atoms with van der Waals surface area (Å²) >= 11 is 26.5. The van der Waals surface area contributed by atoms with Crippen molar-refractivity contribution in [3.05, 3.63) is 78.6 Å². The lowest BCUT2D eigenvalue weighted by molar-refractivity contribution is 0.0698. The average molecular weight is 861 g/mol. The number of fused-ring (bicyclic) bond motifs is 3. The zero-order chi connectivity index (χ0) is 40.5. The first-order valence-electron chi connectivity index (χ1n) is 16.6. The highest BCUT2D eigenvalue weighted by atomic mass is 35.5. The maximum absolute atomic E-state index is 13.0. The van der Waals surface area contributed by atoms with Gasteiger partial charge in [0.05, 0.1) is 36.6 Å². The van der Waals surface area contributed by atoms with Crippen LogP contribution in [0.15, 0.2) is 45.8 Å². The molecule has 0 bridgehead atoms. The molecule has 2 aromatic carbocycles. The average Bonchev–Trinajstić information content (AvgIpc) is 3.01. The van der Waals surface area contributed by atoms with Gasteiger partial charge in [-0.15, -0.1) is 0 Å². The van der Waals surface area contributed by atoms with Gasteiger partial charge in [-0.1, -0.05) is 79.3 Å². The van der Waals surface area contributed by atoms with E-state index in [4.69, 9.17) is 50.8 Å². The minimum Gasteiger partial charge on any atom is -0.478 e. The van der Waals surface area contributed by atoms with Gasteiger partial charge in [0.2, 0.25) is 0 Å². The third kappa shape index (κ3) is 8.34. The van der Waals surface area contributed by atoms with E-state index in [1.807, 2.05) is 46.4 Å². The second kappa shape index (κ2) is 14.7. The summed E-state index contributed by atoms with van der Waals surface area (Å²) in [5.74, 6) is -2.83. The number of hydrogen-bond acceptors (Lipinski definition) is 8. The minimum absolute atomic E-state index is 0.127. The molecule has 3 aliphatic rings. The first kappa shape index (κ1) is 42.0. The largest absolute Gasteiger partial charge is 0.478 e. The lowest BCUT2D eigenvalue weighted by Gasteiger charge is -2.43. The van der Waals surface area contributed by atoms with E-state index in [0.717, 1.165) is 0 Å². The van der Waals surface area contributed by atoms with Crippen LogP contribution < -0.4 is 10.3 Å². The van der Waals surface area contributed by atoms with Crippen molar-refractivity contribution in [3.8, 4) is 22.5 Å². The Kier molecular flexibility index (Phi) is 11.5. The summed E-state index contributed by atoms with van der Waals surface area (Å²) in [6, 6.07) is 6.45. The molecule has 290 valence electrons. The molecule has 2 aliphatic heterocycles. The number of aromatic carboxylic acids is 1. The maximum Gasteiger partial charge on any atom is 0.337 e. The molecular weight excluding hydrogens is 822 g/mol. The number of halogens is 4. The third-order valence-corrected chi connectivity index (χ3v) is 12.0. The van der Waals surface area contributed by atoms with Crippen molar-refractivity contribution in [3.63, 3.8) is 0 Å². The van der Waals surface area contributed by atoms with E-state index in [0.29, 0.717) is 23.2 Å². The van der Waals surface area contributed by atoms with E-state index >= 15 is 0 Å². The van der Waals surface area contributed by atoms with Crippen LogP contribution in [0.2, 0.25) is 20.1 Å². The summed E-state index contributed by atoms with van der Waals surface area (Å²) in [7, 11) is -9.11. The molecule has 0 saturated heterocycles. The second-order valence-corrected chi connectivity index (χ2v) is 19.0. The predicted octanol–water partition coefficient (Wildman–Crippen LogP) is 9.64. The summed E-state index contributed by atoms with van der Waals surface area (Å²) in [5.41, 5.74) is 0.334. The highest BCUT2D eigenvalue weighted by molar-refractivity contribution is 7.86. The normalized spacial score (nSPS) is 15.6. The quantitative estimate of drug-likeness (QED) is 0.0636. The molecule has 0 unspecified atom stereocenters. The van der Waals surface area contributed by atoms with Gasteiger partial charge in [0.1, 0.15) is 22.8 Å². The Bertz CT molecular complexity index is 2570. The highest BCUT2D eigenvalue weighted by Gasteiger charge is 2.36. The number of carboxylic acid groups (broad SMARTS) is 1. The van der Waals surface area contributed by atoms with Crippen molar-refractivity contribution in [2.75, 3.05) is 29.5 Å². The number of likely N-dealkylation sites (N-methyl/N-ethyl adjacent to an activating group) is 1. The molecule has 0 radical (unpaired) electrons. The van der Waals surface area contributed by atoms with Crippen LogP contribution in [0.5, 0.6) is 0 Å². The Morgan fingerprint density at radius 1 is 0.907 bits per heavy atom. The summed E-state index contributed by atoms with van der Waals surface area (Å²) in [4.78, 5) is 19.7. The Labute approximate surface area is 333 Å². The molecule has 2 heterocycles. The van der Waals surface area contributed by atoms with Crippen LogP contribution in [0.4, 0.5) is 5.69 Å². The lowest BCUT2D eigenvalue weighted by Crippen LogP contribution is -2.45. The molecule has 1 aliphatic carbocycles. The Morgan fingerprint density at radius 2 is 1.54 bits per heavy atom. The zero-order valence-electron chi connectivity index (χ0n) is 30.3. The Morgan fingerprint density at radius 3 is 2.07 bits per heavy atom. The summed E-state index contributed by atoms with van der Waals surface area (Å²) < 4.78 is 76.1. The van der Waals surface area contributed by atoms with Gasteiger partial charge in [-0.3, -0.25) is 14.1 Å². The van der Waals surface area contributed by atoms with Gasteiger partial charge in [0.25, 0.3) is 20.2 Å². The third-order valence-electron chi connectivity index (χ3n) is 8.82. The van der Waals surface area contributed by atoms with Crippen molar-refractivity contribution in [2.24, 2.45) is 10.4 Å². The van der Waals surface area contributed by atoms with E-state index in [9.17, 15) is 35.8 Å². The fourth-order valence-corrected chi connectivity index (χ4v) is 9.33. The molecule has 2 aromatic rings. The molecule has 0 aromatic heterocycles. The van der Waals surface area contributed by atoms with Gasteiger partial charge in [-0.25, -0.2) is 4.79 Å². The van der Waals surface area contributed by atoms with Gasteiger partial charge in [-0.2, -0.15) is 16.8 Å². The van der Waals surface area contributed by atoms with Crippen molar-refractivity contribution in [2.45, 2.75) is 54.0 Å². The molecule has 5 rings (SSSR count). The summed E-state index contributed by atoms with van der Waals surface area (Å²) in [6.07, 6.45) is 3.42. The summed E-state index contributed by atoms with van der Waals surface area (Å²) in [5, 5.41) is 9.93. The Hall–Kier alpha value is -3.14. The molecule has 0 saturated carbocycles. The van der Waals surface area contributed by atoms with Crippen molar-refractivity contribution < 1.29 is 40.3 Å². The molecule has 0 fully saturated rings. The van der Waals surface area contributed by atoms with Gasteiger partial charge in [0.15, 0.2) is 0 Å². The van der Waals surface area contributed by atoms with E-state index in [1.165, 1.54) is 0 Å². The Balaban J connectivity index is 2.13. The van der Waals surface area contributed by atoms with Crippen molar-refractivity contribution in [1.82, 2.24) is 0 Å². The highest BCUT2D eigenvalue weighted by Crippen LogP contribution is 2.52. The SMILES string of the molecule is CC/N=c1\cc2oc3cc4c(cc3c(-c3c(Cl)c(Cl)c(Cl)c(Cl)c3C(=O)O)c-2cc1/C(=C\C(C)(C)C)CS(=O)(=O)O)C(CS(=O)(=O)O)=CC(C)(C)N4CC. The number of rotatable bonds is 9. The first-order chi connectivity index (χ1) is 24.8. The molecule has 0 amide bonds. The summed E-state index contributed by atoms with van der Waals surface area (Å²) in [6.45, 7) is 13.8. The number of anilines is 1. The smallest absolute Gasteiger partial charge is 0.337 e. The van der Waals surface area contributed by atoms with Crippen LogP contribution in [-0.2, 0) is 20.2 Å². The fourth-order valence-electron chi connectivity index (χ4n) is 7.04. The van der Waals surface area contributed by atoms with Crippen LogP contribution in [-0.4, -0.2) is 67.2 Å². The predicted molar refractivity (Wildman–Crippen MR) is 217 cm³/mol. The number of carboxylic acids is 1. The lowest BCUT2D eigenvalue weighted by atomic mass is 9.84. The number of allylic oxidation sites excluding steroid dienone is 1. The van der Waals surface area contributed by atoms with Gasteiger partial charge in [0, 0.05) is 64.1 Å². The maximum atomic E-state index is 13.0. The monoisotopic (exact) mass is 858 g/mol. The molecule has 0 atom stereocenters. The van der Waals surface area contributed by atoms with E-state index in [-0.39, 0.29) is 71.7 Å². The topological polar surface area (TPSA) is 175 Å². The minimum atomic E-state index is -4.58. The molecular formula is C37H38Cl4N2O9S2. The number of carbonyl (C=O) groups is 1. The zero-order valence-corrected chi connectivity index (χ0v) is 35.0. The van der Waals surface area contributed by atoms with E-state index in [1.54, 1.807) is 43.3 Å². The van der Waals surface area contributed by atoms with E-state index in [2.05, 4.69) is 4.99 Å². The van der Waals surface area contributed by atoms with Crippen LogP contribution in [0.25, 0.3) is 44.6 Å². The molecule has 3 N–H and O–H groups in total. The van der Waals surface area contributed by atoms with Crippen molar-refractivity contribution >= 4 is 100 Å². The van der Waals surface area contributed by atoms with Gasteiger partial charge < -0.3 is 14.4 Å². The number of nitrogens with zero attached hydrogens (tertiary/aromatic N) is 2. The number of benzene rings is 3. The van der Waals surface area contributed by atoms with Crippen LogP contribution >= 0.6 is 46.4 Å². The van der Waals surface area contributed by atoms with Crippen molar-refractivity contribution in [1.29, 1.82) is 0 Å². The molecule has 11 nitrogen and oxygen atoms in total. The standard InChI is InChI=1S/C37H38Cl4N2O9S2/c1-8-42-24-12-26-22(10-20(24)18(14-36(3,4)5)16-53(46,47)48)28(29-30(35(44)45)32(39)34(41)33(40)31(29)38)23-11-21-19(17-54(49,50)51)15-37(6,7)43(9-2)25(21)13-27(23)52-26/h10-15H,8-9,16-17H2,1-7H3,(H,44,45)(H,46,47,48)(H,49,50,51)/b18-14-,42-24+. The molecule has 54 heavy (non-hydrogen) atoms. The first-order valence-corrected chi connectivity index (χ1v) is 21.3. The van der Waals surface area contributed by atoms with Crippen LogP contribution in [0, 0.1) is 5.41 Å². The molecule has 0 spiro atoms. The second-order valence-electron chi connectivity index (χ2n) is 14.5.